The van der Waals surface area contributed by atoms with Crippen LogP contribution in [0.15, 0.2) is 48.5 Å². The SMILES string of the molecule is O=C(COCc1ccccc1F)c1ccccc1Cl. The van der Waals surface area contributed by atoms with E-state index in [1.807, 2.05) is 0 Å². The lowest BCUT2D eigenvalue weighted by molar-refractivity contribution is 0.0721. The molecule has 0 radical (unpaired) electrons. The van der Waals surface area contributed by atoms with Gasteiger partial charge in [0.1, 0.15) is 12.4 Å². The lowest BCUT2D eigenvalue weighted by Crippen LogP contribution is -2.10. The van der Waals surface area contributed by atoms with Gasteiger partial charge in [0.2, 0.25) is 0 Å². The van der Waals surface area contributed by atoms with Gasteiger partial charge in [0.05, 0.1) is 11.6 Å². The molecule has 0 saturated carbocycles. The van der Waals surface area contributed by atoms with Crippen molar-refractivity contribution < 1.29 is 13.9 Å². The molecule has 2 rings (SSSR count). The largest absolute Gasteiger partial charge is 0.369 e. The molecule has 0 bridgehead atoms. The average molecular weight is 279 g/mol. The Hall–Kier alpha value is -1.71. The molecule has 0 spiro atoms. The summed E-state index contributed by atoms with van der Waals surface area (Å²) in [7, 11) is 0. The maximum Gasteiger partial charge on any atom is 0.189 e. The smallest absolute Gasteiger partial charge is 0.189 e. The molecule has 0 aliphatic heterocycles. The molecule has 2 aromatic carbocycles. The fourth-order valence-corrected chi connectivity index (χ4v) is 1.88. The number of carbonyl (C=O) groups is 1. The van der Waals surface area contributed by atoms with Crippen LogP contribution in [0.3, 0.4) is 0 Å². The Kier molecular flexibility index (Phi) is 4.66. The van der Waals surface area contributed by atoms with E-state index >= 15 is 0 Å². The summed E-state index contributed by atoms with van der Waals surface area (Å²) in [5.74, 6) is -0.561. The zero-order valence-corrected chi connectivity index (χ0v) is 10.9. The van der Waals surface area contributed by atoms with Crippen LogP contribution in [0.4, 0.5) is 4.39 Å². The average Bonchev–Trinajstić information content (AvgIpc) is 2.41. The molecule has 4 heteroatoms. The van der Waals surface area contributed by atoms with Gasteiger partial charge in [0, 0.05) is 11.1 Å². The molecule has 0 atom stereocenters. The monoisotopic (exact) mass is 278 g/mol. The first-order valence-electron chi connectivity index (χ1n) is 5.77. The molecule has 2 aromatic rings. The maximum atomic E-state index is 13.3. The van der Waals surface area contributed by atoms with Crippen LogP contribution in [0.25, 0.3) is 0 Å². The summed E-state index contributed by atoms with van der Waals surface area (Å²) in [6, 6.07) is 13.1. The second kappa shape index (κ2) is 6.45. The van der Waals surface area contributed by atoms with E-state index in [2.05, 4.69) is 0 Å². The number of ether oxygens (including phenoxy) is 1. The van der Waals surface area contributed by atoms with E-state index in [9.17, 15) is 9.18 Å². The van der Waals surface area contributed by atoms with E-state index in [1.165, 1.54) is 6.07 Å². The highest BCUT2D eigenvalue weighted by atomic mass is 35.5. The van der Waals surface area contributed by atoms with Crippen LogP contribution in [-0.4, -0.2) is 12.4 Å². The number of rotatable bonds is 5. The second-order valence-corrected chi connectivity index (χ2v) is 4.39. The van der Waals surface area contributed by atoms with E-state index in [-0.39, 0.29) is 24.8 Å². The van der Waals surface area contributed by atoms with E-state index in [4.69, 9.17) is 16.3 Å². The molecule has 0 saturated heterocycles. The van der Waals surface area contributed by atoms with E-state index in [1.54, 1.807) is 42.5 Å². The minimum Gasteiger partial charge on any atom is -0.369 e. The zero-order valence-electron chi connectivity index (χ0n) is 10.1. The first kappa shape index (κ1) is 13.7. The van der Waals surface area contributed by atoms with Crippen LogP contribution in [0.1, 0.15) is 15.9 Å². The molecule has 0 unspecified atom stereocenters. The first-order chi connectivity index (χ1) is 9.18. The van der Waals surface area contributed by atoms with E-state index in [0.717, 1.165) is 0 Å². The van der Waals surface area contributed by atoms with Gasteiger partial charge < -0.3 is 4.74 Å². The Morgan fingerprint density at radius 2 is 1.79 bits per heavy atom. The quantitative estimate of drug-likeness (QED) is 0.776. The molecule has 0 fully saturated rings. The minimum absolute atomic E-state index is 0.0584. The summed E-state index contributed by atoms with van der Waals surface area (Å²) in [4.78, 5) is 11.8. The second-order valence-electron chi connectivity index (χ2n) is 3.99. The number of hydrogen-bond acceptors (Lipinski definition) is 2. The van der Waals surface area contributed by atoms with E-state index in [0.29, 0.717) is 16.1 Å². The van der Waals surface area contributed by atoms with Gasteiger partial charge in [-0.05, 0) is 18.2 Å². The van der Waals surface area contributed by atoms with Crippen LogP contribution < -0.4 is 0 Å². The van der Waals surface area contributed by atoms with Gasteiger partial charge in [-0.25, -0.2) is 4.39 Å². The third-order valence-electron chi connectivity index (χ3n) is 2.62. The molecule has 98 valence electrons. The van der Waals surface area contributed by atoms with Crippen molar-refractivity contribution in [3.8, 4) is 0 Å². The third-order valence-corrected chi connectivity index (χ3v) is 2.95. The van der Waals surface area contributed by atoms with Gasteiger partial charge >= 0.3 is 0 Å². The molecular weight excluding hydrogens is 267 g/mol. The zero-order chi connectivity index (χ0) is 13.7. The van der Waals surface area contributed by atoms with Crippen molar-refractivity contribution >= 4 is 17.4 Å². The van der Waals surface area contributed by atoms with Crippen molar-refractivity contribution in [2.75, 3.05) is 6.61 Å². The van der Waals surface area contributed by atoms with Gasteiger partial charge in [-0.15, -0.1) is 0 Å². The molecule has 0 N–H and O–H groups in total. The summed E-state index contributed by atoms with van der Waals surface area (Å²) in [5.41, 5.74) is 0.840. The number of halogens is 2. The molecule has 0 heterocycles. The summed E-state index contributed by atoms with van der Waals surface area (Å²) in [6.45, 7) is -0.0685. The Bertz CT molecular complexity index is 584. The lowest BCUT2D eigenvalue weighted by Gasteiger charge is -2.06. The third kappa shape index (κ3) is 3.63. The number of benzene rings is 2. The van der Waals surface area contributed by atoms with Gasteiger partial charge in [-0.1, -0.05) is 41.9 Å². The normalized spacial score (nSPS) is 10.4. The fraction of sp³-hybridized carbons (Fsp3) is 0.133. The molecule has 0 amide bonds. The van der Waals surface area contributed by atoms with Gasteiger partial charge in [0.15, 0.2) is 5.78 Å². The van der Waals surface area contributed by atoms with Crippen molar-refractivity contribution in [2.45, 2.75) is 6.61 Å². The van der Waals surface area contributed by atoms with Gasteiger partial charge in [0.25, 0.3) is 0 Å². The standard InChI is InChI=1S/C15H12ClFO2/c16-13-7-3-2-6-12(13)15(18)10-19-9-11-5-1-4-8-14(11)17/h1-8H,9-10H2. The summed E-state index contributed by atoms with van der Waals surface area (Å²) < 4.78 is 18.5. The summed E-state index contributed by atoms with van der Waals surface area (Å²) in [6.07, 6.45) is 0. The van der Waals surface area contributed by atoms with Gasteiger partial charge in [-0.2, -0.15) is 0 Å². The molecular formula is C15H12ClFO2. The molecule has 2 nitrogen and oxygen atoms in total. The summed E-state index contributed by atoms with van der Waals surface area (Å²) in [5, 5.41) is 0.391. The number of carbonyl (C=O) groups excluding carboxylic acids is 1. The van der Waals surface area contributed by atoms with Crippen LogP contribution in [0.5, 0.6) is 0 Å². The number of Topliss-reactive ketones (excluding diaryl/α,β-unsaturated/α-hetero) is 1. The van der Waals surface area contributed by atoms with Crippen molar-refractivity contribution in [3.63, 3.8) is 0 Å². The predicted molar refractivity (Wildman–Crippen MR) is 71.8 cm³/mol. The predicted octanol–water partition coefficient (Wildman–Crippen LogP) is 3.88. The first-order valence-corrected chi connectivity index (χ1v) is 6.15. The minimum atomic E-state index is -0.340. The number of hydrogen-bond donors (Lipinski definition) is 0. The number of ketones is 1. The lowest BCUT2D eigenvalue weighted by atomic mass is 10.1. The topological polar surface area (TPSA) is 26.3 Å². The Balaban J connectivity index is 1.92. The maximum absolute atomic E-state index is 13.3. The van der Waals surface area contributed by atoms with Crippen molar-refractivity contribution in [2.24, 2.45) is 0 Å². The van der Waals surface area contributed by atoms with Crippen LogP contribution >= 0.6 is 11.6 Å². The van der Waals surface area contributed by atoms with Crippen molar-refractivity contribution in [3.05, 3.63) is 70.5 Å². The molecule has 0 aliphatic rings. The fourth-order valence-electron chi connectivity index (χ4n) is 1.63. The van der Waals surface area contributed by atoms with Crippen molar-refractivity contribution in [1.82, 2.24) is 0 Å². The Labute approximate surface area is 115 Å². The van der Waals surface area contributed by atoms with Crippen LogP contribution in [0.2, 0.25) is 5.02 Å². The molecule has 0 aromatic heterocycles. The Morgan fingerprint density at radius 3 is 2.53 bits per heavy atom. The molecule has 0 aliphatic carbocycles. The van der Waals surface area contributed by atoms with E-state index < -0.39 is 0 Å². The highest BCUT2D eigenvalue weighted by Gasteiger charge is 2.10. The highest BCUT2D eigenvalue weighted by molar-refractivity contribution is 6.34. The van der Waals surface area contributed by atoms with Crippen molar-refractivity contribution in [1.29, 1.82) is 0 Å². The van der Waals surface area contributed by atoms with Crippen LogP contribution in [-0.2, 0) is 11.3 Å². The van der Waals surface area contributed by atoms with Crippen LogP contribution in [0, 0.1) is 5.82 Å². The van der Waals surface area contributed by atoms with Gasteiger partial charge in [-0.3, -0.25) is 4.79 Å². The summed E-state index contributed by atoms with van der Waals surface area (Å²) >= 11 is 5.90. The molecule has 19 heavy (non-hydrogen) atoms. The highest BCUT2D eigenvalue weighted by Crippen LogP contribution is 2.16. The Morgan fingerprint density at radius 1 is 1.11 bits per heavy atom.